The van der Waals surface area contributed by atoms with Gasteiger partial charge in [-0.2, -0.15) is 9.97 Å². The number of methoxy groups -OCH3 is 3. The van der Waals surface area contributed by atoms with Crippen molar-refractivity contribution in [2.24, 2.45) is 0 Å². The summed E-state index contributed by atoms with van der Waals surface area (Å²) in [6, 6.07) is 0. The normalized spacial score (nSPS) is 11.0. The fraction of sp³-hybridized carbons (Fsp3) is 0.286. The first-order valence-electron chi connectivity index (χ1n) is 7.37. The predicted molar refractivity (Wildman–Crippen MR) is 97.9 cm³/mol. The number of pyridine rings is 1. The molecule has 27 heavy (non-hydrogen) atoms. The summed E-state index contributed by atoms with van der Waals surface area (Å²) < 4.78 is 18.1. The maximum absolute atomic E-state index is 12.4. The van der Waals surface area contributed by atoms with E-state index in [1.54, 1.807) is 0 Å². The lowest BCUT2D eigenvalue weighted by Crippen LogP contribution is -2.40. The molecule has 0 aromatic carbocycles. The van der Waals surface area contributed by atoms with Crippen molar-refractivity contribution in [2.45, 2.75) is 6.54 Å². The van der Waals surface area contributed by atoms with E-state index in [-0.39, 0.29) is 51.9 Å². The molecule has 0 unspecified atom stereocenters. The zero-order valence-electron chi connectivity index (χ0n) is 14.4. The van der Waals surface area contributed by atoms with Gasteiger partial charge in [0.15, 0.2) is 16.5 Å². The second-order valence-electron chi connectivity index (χ2n) is 5.24. The SMILES string of the molecule is COc1c(Br)c(Cn2c(=O)[nH]c3c(Cl)nc(N)nc32)[n+](O)c(OC)c1OC. The Balaban J connectivity index is 2.27. The zero-order chi connectivity index (χ0) is 19.9. The van der Waals surface area contributed by atoms with Gasteiger partial charge < -0.3 is 24.9 Å². The van der Waals surface area contributed by atoms with Crippen LogP contribution in [0.3, 0.4) is 0 Å². The van der Waals surface area contributed by atoms with Crippen LogP contribution in [0, 0.1) is 0 Å². The van der Waals surface area contributed by atoms with Crippen LogP contribution >= 0.6 is 27.5 Å². The molecule has 0 radical (unpaired) electrons. The van der Waals surface area contributed by atoms with Crippen molar-refractivity contribution in [1.29, 1.82) is 0 Å². The minimum Gasteiger partial charge on any atom is -0.491 e. The van der Waals surface area contributed by atoms with Crippen LogP contribution in [0.15, 0.2) is 9.27 Å². The third-order valence-corrected chi connectivity index (χ3v) is 4.90. The number of nitrogens with two attached hydrogens (primary N) is 1. The van der Waals surface area contributed by atoms with Crippen LogP contribution in [0.4, 0.5) is 5.95 Å². The molecule has 3 aromatic heterocycles. The molecule has 11 nitrogen and oxygen atoms in total. The highest BCUT2D eigenvalue weighted by Crippen LogP contribution is 2.41. The topological polar surface area (TPSA) is 141 Å². The van der Waals surface area contributed by atoms with E-state index >= 15 is 0 Å². The smallest absolute Gasteiger partial charge is 0.463 e. The van der Waals surface area contributed by atoms with Gasteiger partial charge in [0.1, 0.15) is 16.5 Å². The maximum atomic E-state index is 12.4. The van der Waals surface area contributed by atoms with E-state index in [0.29, 0.717) is 4.47 Å². The molecule has 0 spiro atoms. The van der Waals surface area contributed by atoms with E-state index in [2.05, 4.69) is 30.9 Å². The molecule has 0 saturated carbocycles. The van der Waals surface area contributed by atoms with Gasteiger partial charge in [-0.05, 0) is 15.9 Å². The zero-order valence-corrected chi connectivity index (χ0v) is 16.8. The van der Waals surface area contributed by atoms with E-state index in [9.17, 15) is 10.0 Å². The van der Waals surface area contributed by atoms with Crippen LogP contribution in [-0.4, -0.2) is 46.1 Å². The number of anilines is 1. The summed E-state index contributed by atoms with van der Waals surface area (Å²) in [7, 11) is 4.19. The van der Waals surface area contributed by atoms with Gasteiger partial charge in [0.05, 0.1) is 26.1 Å². The summed E-state index contributed by atoms with van der Waals surface area (Å²) in [5.41, 5.74) is 5.74. The van der Waals surface area contributed by atoms with Gasteiger partial charge >= 0.3 is 11.6 Å². The standard InChI is InChI=1S/C14H14BrClN6O5/c1-25-8-6(15)5(22(24)12(27-3)9(8)26-2)4-21-11-7(18-14(21)23)10(16)19-13(17)20-11/h4H2,1-3H3,(H3-,17,18,19,20,23,24)/p+1. The predicted octanol–water partition coefficient (Wildman–Crippen LogP) is 0.717. The summed E-state index contributed by atoms with van der Waals surface area (Å²) in [6.45, 7) is -0.126. The first-order valence-corrected chi connectivity index (χ1v) is 8.54. The summed E-state index contributed by atoms with van der Waals surface area (Å²) >= 11 is 9.37. The number of nitrogens with one attached hydrogen (secondary N) is 1. The fourth-order valence-corrected chi connectivity index (χ4v) is 3.48. The molecule has 0 aliphatic rings. The molecule has 0 aliphatic carbocycles. The van der Waals surface area contributed by atoms with Crippen molar-refractivity contribution in [1.82, 2.24) is 19.5 Å². The number of aromatic nitrogens is 5. The molecule has 3 heterocycles. The lowest BCUT2D eigenvalue weighted by molar-refractivity contribution is -0.911. The van der Waals surface area contributed by atoms with E-state index < -0.39 is 5.69 Å². The Hall–Kier alpha value is -2.73. The second kappa shape index (κ2) is 7.12. The van der Waals surface area contributed by atoms with E-state index in [4.69, 9.17) is 31.5 Å². The first-order chi connectivity index (χ1) is 12.8. The van der Waals surface area contributed by atoms with Gasteiger partial charge in [-0.25, -0.2) is 4.79 Å². The first kappa shape index (κ1) is 19.0. The molecule has 3 rings (SSSR count). The number of aromatic amines is 1. The van der Waals surface area contributed by atoms with Crippen LogP contribution < -0.4 is 30.4 Å². The molecule has 144 valence electrons. The van der Waals surface area contributed by atoms with Gasteiger partial charge in [-0.3, -0.25) is 9.77 Å². The third-order valence-electron chi connectivity index (χ3n) is 3.81. The van der Waals surface area contributed by atoms with Gasteiger partial charge in [-0.1, -0.05) is 11.6 Å². The van der Waals surface area contributed by atoms with Crippen LogP contribution in [0.2, 0.25) is 5.15 Å². The summed E-state index contributed by atoms with van der Waals surface area (Å²) in [5, 5.41) is 10.6. The Bertz CT molecular complexity index is 1070. The largest absolute Gasteiger partial charge is 0.491 e. The number of nitrogens with zero attached hydrogens (tertiary/aromatic N) is 4. The highest BCUT2D eigenvalue weighted by molar-refractivity contribution is 9.10. The molecule has 3 aromatic rings. The highest BCUT2D eigenvalue weighted by Gasteiger charge is 2.34. The molecule has 0 saturated heterocycles. The van der Waals surface area contributed by atoms with Crippen molar-refractivity contribution in [2.75, 3.05) is 27.1 Å². The minimum atomic E-state index is -0.521. The molecule has 0 bridgehead atoms. The van der Waals surface area contributed by atoms with E-state index in [0.717, 1.165) is 4.73 Å². The molecule has 0 atom stereocenters. The highest BCUT2D eigenvalue weighted by atomic mass is 79.9. The number of nitrogen functional groups attached to an aromatic ring is 1. The molecular weight excluding hydrogens is 448 g/mol. The number of halogens is 2. The number of fused-ring (bicyclic) bond motifs is 1. The molecule has 0 fully saturated rings. The van der Waals surface area contributed by atoms with Gasteiger partial charge in [0, 0.05) is 0 Å². The Morgan fingerprint density at radius 1 is 1.26 bits per heavy atom. The third kappa shape index (κ3) is 3.00. The van der Waals surface area contributed by atoms with Gasteiger partial charge in [0.25, 0.3) is 11.4 Å². The Morgan fingerprint density at radius 3 is 2.52 bits per heavy atom. The van der Waals surface area contributed by atoms with Crippen molar-refractivity contribution in [3.63, 3.8) is 0 Å². The lowest BCUT2D eigenvalue weighted by Gasteiger charge is -2.12. The van der Waals surface area contributed by atoms with E-state index in [1.165, 1.54) is 25.9 Å². The number of ether oxygens (including phenoxy) is 3. The van der Waals surface area contributed by atoms with Crippen molar-refractivity contribution >= 4 is 44.6 Å². The minimum absolute atomic E-state index is 0.00850. The fourth-order valence-electron chi connectivity index (χ4n) is 2.63. The van der Waals surface area contributed by atoms with Crippen LogP contribution in [0.1, 0.15) is 5.69 Å². The molecule has 4 N–H and O–H groups in total. The average Bonchev–Trinajstić information content (AvgIpc) is 2.94. The molecule has 0 amide bonds. The van der Waals surface area contributed by atoms with Crippen molar-refractivity contribution in [3.05, 3.63) is 25.8 Å². The molecule has 0 aliphatic heterocycles. The Labute approximate surface area is 165 Å². The quantitative estimate of drug-likeness (QED) is 0.286. The lowest BCUT2D eigenvalue weighted by atomic mass is 10.3. The number of H-pyrrole nitrogens is 1. The number of imidazole rings is 1. The van der Waals surface area contributed by atoms with E-state index in [1.807, 2.05) is 0 Å². The number of rotatable bonds is 5. The summed E-state index contributed by atoms with van der Waals surface area (Å²) in [6.07, 6.45) is 0. The van der Waals surface area contributed by atoms with Crippen LogP contribution in [-0.2, 0) is 6.54 Å². The Morgan fingerprint density at radius 2 is 1.93 bits per heavy atom. The van der Waals surface area contributed by atoms with Gasteiger partial charge in [-0.15, -0.1) is 0 Å². The van der Waals surface area contributed by atoms with Gasteiger partial charge in [0.2, 0.25) is 5.95 Å². The Kier molecular flexibility index (Phi) is 5.02. The number of hydrogen-bond donors (Lipinski definition) is 3. The van der Waals surface area contributed by atoms with Crippen molar-refractivity contribution < 1.29 is 24.1 Å². The number of hydrogen-bond acceptors (Lipinski definition) is 8. The average molecular weight is 463 g/mol. The second-order valence-corrected chi connectivity index (χ2v) is 6.39. The molecular formula is C14H15BrClN6O5+. The molecule has 13 heteroatoms. The van der Waals surface area contributed by atoms with Crippen LogP contribution in [0.5, 0.6) is 17.4 Å². The summed E-state index contributed by atoms with van der Waals surface area (Å²) in [5.74, 6) is 0.322. The van der Waals surface area contributed by atoms with Crippen LogP contribution in [0.25, 0.3) is 11.2 Å². The maximum Gasteiger partial charge on any atom is 0.463 e. The summed E-state index contributed by atoms with van der Waals surface area (Å²) in [4.78, 5) is 22.8. The van der Waals surface area contributed by atoms with Crippen molar-refractivity contribution in [3.8, 4) is 17.4 Å². The monoisotopic (exact) mass is 461 g/mol.